The molecule has 3 nitrogen and oxygen atoms in total. The van der Waals surface area contributed by atoms with Crippen molar-refractivity contribution in [3.05, 3.63) is 0 Å². The Kier molecular flexibility index (Phi) is 3.58. The predicted octanol–water partition coefficient (Wildman–Crippen LogP) is 1.70. The SMILES string of the molecule is CC1OCC(NC(=O)C(C)(C)Br)C1C. The normalized spacial score (nSPS) is 33.1. The van der Waals surface area contributed by atoms with Gasteiger partial charge in [0.05, 0.1) is 23.1 Å². The minimum atomic E-state index is -0.501. The van der Waals surface area contributed by atoms with Gasteiger partial charge in [-0.3, -0.25) is 4.79 Å². The van der Waals surface area contributed by atoms with Crippen LogP contribution in [-0.2, 0) is 9.53 Å². The summed E-state index contributed by atoms with van der Waals surface area (Å²) in [6, 6.07) is 0.148. The van der Waals surface area contributed by atoms with Crippen molar-refractivity contribution in [2.45, 2.75) is 44.2 Å². The Morgan fingerprint density at radius 2 is 2.07 bits per heavy atom. The van der Waals surface area contributed by atoms with E-state index in [1.807, 2.05) is 20.8 Å². The summed E-state index contributed by atoms with van der Waals surface area (Å²) in [5.74, 6) is 0.404. The first-order valence-electron chi connectivity index (χ1n) is 4.94. The molecule has 1 fully saturated rings. The molecule has 0 aromatic heterocycles. The zero-order valence-electron chi connectivity index (χ0n) is 9.13. The van der Waals surface area contributed by atoms with E-state index in [0.717, 1.165) is 0 Å². The standard InChI is InChI=1S/C10H18BrNO2/c1-6-7(2)14-5-8(6)12-9(13)10(3,4)11/h6-8H,5H2,1-4H3,(H,12,13). The van der Waals surface area contributed by atoms with Crippen LogP contribution in [0, 0.1) is 5.92 Å². The maximum atomic E-state index is 11.7. The molecule has 0 spiro atoms. The van der Waals surface area contributed by atoms with Crippen molar-refractivity contribution in [1.82, 2.24) is 5.32 Å². The smallest absolute Gasteiger partial charge is 0.236 e. The quantitative estimate of drug-likeness (QED) is 0.771. The second kappa shape index (κ2) is 4.19. The molecule has 3 atom stereocenters. The van der Waals surface area contributed by atoms with Gasteiger partial charge in [-0.25, -0.2) is 0 Å². The van der Waals surface area contributed by atoms with Crippen molar-refractivity contribution in [3.63, 3.8) is 0 Å². The lowest BCUT2D eigenvalue weighted by Gasteiger charge is -2.22. The van der Waals surface area contributed by atoms with Crippen molar-refractivity contribution in [1.29, 1.82) is 0 Å². The summed E-state index contributed by atoms with van der Waals surface area (Å²) in [6.45, 7) is 8.44. The van der Waals surface area contributed by atoms with Gasteiger partial charge >= 0.3 is 0 Å². The summed E-state index contributed by atoms with van der Waals surface area (Å²) >= 11 is 3.33. The van der Waals surface area contributed by atoms with Crippen LogP contribution in [-0.4, -0.2) is 29.0 Å². The fourth-order valence-electron chi connectivity index (χ4n) is 1.40. The molecular weight excluding hydrogens is 246 g/mol. The maximum absolute atomic E-state index is 11.7. The molecule has 3 unspecified atom stereocenters. The van der Waals surface area contributed by atoms with Crippen LogP contribution < -0.4 is 5.32 Å². The lowest BCUT2D eigenvalue weighted by Crippen LogP contribution is -2.46. The summed E-state index contributed by atoms with van der Waals surface area (Å²) < 4.78 is 4.96. The molecule has 1 aliphatic heterocycles. The second-order valence-electron chi connectivity index (χ2n) is 4.45. The summed E-state index contributed by atoms with van der Waals surface area (Å²) in [5, 5.41) is 2.99. The Bertz CT molecular complexity index is 225. The van der Waals surface area contributed by atoms with Crippen LogP contribution in [0.5, 0.6) is 0 Å². The maximum Gasteiger partial charge on any atom is 0.236 e. The molecule has 0 radical (unpaired) electrons. The van der Waals surface area contributed by atoms with Gasteiger partial charge in [0.1, 0.15) is 0 Å². The topological polar surface area (TPSA) is 38.3 Å². The largest absolute Gasteiger partial charge is 0.376 e. The van der Waals surface area contributed by atoms with Crippen LogP contribution in [0.15, 0.2) is 0 Å². The molecule has 1 aliphatic rings. The number of rotatable bonds is 2. The number of alkyl halides is 1. The third-order valence-electron chi connectivity index (χ3n) is 2.77. The van der Waals surface area contributed by atoms with Crippen molar-refractivity contribution < 1.29 is 9.53 Å². The van der Waals surface area contributed by atoms with E-state index in [0.29, 0.717) is 12.5 Å². The summed E-state index contributed by atoms with van der Waals surface area (Å²) in [7, 11) is 0. The number of nitrogens with one attached hydrogen (secondary N) is 1. The minimum absolute atomic E-state index is 0.0204. The monoisotopic (exact) mass is 263 g/mol. The lowest BCUT2D eigenvalue weighted by molar-refractivity contribution is -0.123. The predicted molar refractivity (Wildman–Crippen MR) is 59.5 cm³/mol. The molecule has 1 heterocycles. The Labute approximate surface area is 93.7 Å². The van der Waals surface area contributed by atoms with E-state index in [9.17, 15) is 4.79 Å². The van der Waals surface area contributed by atoms with Gasteiger partial charge in [-0.2, -0.15) is 0 Å². The lowest BCUT2D eigenvalue weighted by atomic mass is 10.00. The molecular formula is C10H18BrNO2. The zero-order chi connectivity index (χ0) is 10.9. The zero-order valence-corrected chi connectivity index (χ0v) is 10.7. The highest BCUT2D eigenvalue weighted by Crippen LogP contribution is 2.22. The molecule has 1 saturated heterocycles. The van der Waals surface area contributed by atoms with Crippen LogP contribution in [0.4, 0.5) is 0 Å². The van der Waals surface area contributed by atoms with Gasteiger partial charge in [0, 0.05) is 5.92 Å². The molecule has 1 amide bonds. The van der Waals surface area contributed by atoms with E-state index >= 15 is 0 Å². The second-order valence-corrected chi connectivity index (χ2v) is 6.43. The molecule has 82 valence electrons. The number of hydrogen-bond acceptors (Lipinski definition) is 2. The molecule has 1 N–H and O–H groups in total. The van der Waals surface area contributed by atoms with Gasteiger partial charge in [-0.15, -0.1) is 0 Å². The number of ether oxygens (including phenoxy) is 1. The van der Waals surface area contributed by atoms with Crippen LogP contribution in [0.25, 0.3) is 0 Å². The molecule has 0 aliphatic carbocycles. The third kappa shape index (κ3) is 2.70. The summed E-state index contributed by atoms with van der Waals surface area (Å²) in [6.07, 6.45) is 0.235. The van der Waals surface area contributed by atoms with E-state index in [-0.39, 0.29) is 18.1 Å². The van der Waals surface area contributed by atoms with Crippen molar-refractivity contribution >= 4 is 21.8 Å². The highest BCUT2D eigenvalue weighted by molar-refractivity contribution is 9.10. The number of hydrogen-bond donors (Lipinski definition) is 1. The number of halogens is 1. The molecule has 0 bridgehead atoms. The van der Waals surface area contributed by atoms with Crippen molar-refractivity contribution in [2.24, 2.45) is 5.92 Å². The van der Waals surface area contributed by atoms with E-state index in [2.05, 4.69) is 28.2 Å². The molecule has 4 heteroatoms. The molecule has 14 heavy (non-hydrogen) atoms. The Morgan fingerprint density at radius 1 is 1.50 bits per heavy atom. The Balaban J connectivity index is 2.50. The van der Waals surface area contributed by atoms with Gasteiger partial charge in [-0.1, -0.05) is 22.9 Å². The molecule has 0 aromatic carbocycles. The third-order valence-corrected chi connectivity index (χ3v) is 3.13. The van der Waals surface area contributed by atoms with Gasteiger partial charge in [-0.05, 0) is 20.8 Å². The van der Waals surface area contributed by atoms with E-state index in [1.54, 1.807) is 0 Å². The van der Waals surface area contributed by atoms with E-state index in [4.69, 9.17) is 4.74 Å². The molecule has 0 saturated carbocycles. The highest BCUT2D eigenvalue weighted by Gasteiger charge is 2.34. The fourth-order valence-corrected chi connectivity index (χ4v) is 1.51. The van der Waals surface area contributed by atoms with Gasteiger partial charge in [0.2, 0.25) is 5.91 Å². The fraction of sp³-hybridized carbons (Fsp3) is 0.900. The van der Waals surface area contributed by atoms with Crippen LogP contribution in [0.3, 0.4) is 0 Å². The average Bonchev–Trinajstić information content (AvgIpc) is 2.34. The molecule has 0 aromatic rings. The first kappa shape index (κ1) is 12.0. The minimum Gasteiger partial charge on any atom is -0.376 e. The van der Waals surface area contributed by atoms with Crippen LogP contribution in [0.2, 0.25) is 0 Å². The summed E-state index contributed by atoms with van der Waals surface area (Å²) in [4.78, 5) is 11.7. The number of carbonyl (C=O) groups is 1. The first-order valence-corrected chi connectivity index (χ1v) is 5.73. The Morgan fingerprint density at radius 3 is 2.43 bits per heavy atom. The van der Waals surface area contributed by atoms with E-state index < -0.39 is 4.32 Å². The Hall–Kier alpha value is -0.0900. The van der Waals surface area contributed by atoms with Crippen molar-refractivity contribution in [3.8, 4) is 0 Å². The highest BCUT2D eigenvalue weighted by atomic mass is 79.9. The van der Waals surface area contributed by atoms with Crippen molar-refractivity contribution in [2.75, 3.05) is 6.61 Å². The van der Waals surface area contributed by atoms with Gasteiger partial charge in [0.25, 0.3) is 0 Å². The van der Waals surface area contributed by atoms with Gasteiger partial charge < -0.3 is 10.1 Å². The van der Waals surface area contributed by atoms with Gasteiger partial charge in [0.15, 0.2) is 0 Å². The molecule has 1 rings (SSSR count). The van der Waals surface area contributed by atoms with E-state index in [1.165, 1.54) is 0 Å². The summed E-state index contributed by atoms with van der Waals surface area (Å²) in [5.41, 5.74) is 0. The van der Waals surface area contributed by atoms with Crippen LogP contribution >= 0.6 is 15.9 Å². The first-order chi connectivity index (χ1) is 6.32. The number of carbonyl (C=O) groups excluding carboxylic acids is 1. The average molecular weight is 264 g/mol. The number of amides is 1. The van der Waals surface area contributed by atoms with Crippen LogP contribution in [0.1, 0.15) is 27.7 Å².